The molecule has 0 amide bonds. The van der Waals surface area contributed by atoms with Crippen LogP contribution in [0.4, 0.5) is 5.69 Å². The van der Waals surface area contributed by atoms with Crippen LogP contribution in [0.2, 0.25) is 0 Å². The number of rotatable bonds is 3. The van der Waals surface area contributed by atoms with E-state index in [0.717, 1.165) is 11.8 Å². The first kappa shape index (κ1) is 11.1. The van der Waals surface area contributed by atoms with Crippen LogP contribution in [0.3, 0.4) is 0 Å². The summed E-state index contributed by atoms with van der Waals surface area (Å²) in [5.41, 5.74) is 2.11. The second kappa shape index (κ2) is 4.04. The van der Waals surface area contributed by atoms with Gasteiger partial charge >= 0.3 is 0 Å². The highest BCUT2D eigenvalue weighted by molar-refractivity contribution is 5.50. The van der Waals surface area contributed by atoms with E-state index in [-0.39, 0.29) is 0 Å². The topological polar surface area (TPSA) is 3.24 Å². The SMILES string of the molecule is CC(C)CC1CCC12CN(c1ccccc1)C2. The van der Waals surface area contributed by atoms with Crippen molar-refractivity contribution in [2.24, 2.45) is 17.3 Å². The van der Waals surface area contributed by atoms with Crippen LogP contribution in [0.15, 0.2) is 30.3 Å². The van der Waals surface area contributed by atoms with Gasteiger partial charge in [-0.1, -0.05) is 32.0 Å². The highest BCUT2D eigenvalue weighted by Crippen LogP contribution is 2.55. The summed E-state index contributed by atoms with van der Waals surface area (Å²) in [4.78, 5) is 2.55. The van der Waals surface area contributed by atoms with Gasteiger partial charge in [0.2, 0.25) is 0 Å². The average Bonchev–Trinajstić information content (AvgIpc) is 2.24. The van der Waals surface area contributed by atoms with Gasteiger partial charge in [-0.25, -0.2) is 0 Å². The lowest BCUT2D eigenvalue weighted by Gasteiger charge is -2.62. The van der Waals surface area contributed by atoms with E-state index in [1.54, 1.807) is 0 Å². The molecule has 3 rings (SSSR count). The Morgan fingerprint density at radius 3 is 2.47 bits per heavy atom. The van der Waals surface area contributed by atoms with Gasteiger partial charge in [-0.05, 0) is 43.2 Å². The molecule has 1 saturated heterocycles. The zero-order chi connectivity index (χ0) is 11.9. The van der Waals surface area contributed by atoms with Crippen molar-refractivity contribution in [2.45, 2.75) is 33.1 Å². The molecule has 0 radical (unpaired) electrons. The van der Waals surface area contributed by atoms with Crippen LogP contribution in [0.1, 0.15) is 33.1 Å². The molecule has 1 saturated carbocycles. The van der Waals surface area contributed by atoms with Crippen LogP contribution in [-0.2, 0) is 0 Å². The highest BCUT2D eigenvalue weighted by atomic mass is 15.2. The van der Waals surface area contributed by atoms with Crippen LogP contribution in [0.25, 0.3) is 0 Å². The molecule has 2 aliphatic rings. The van der Waals surface area contributed by atoms with Crippen LogP contribution >= 0.6 is 0 Å². The average molecular weight is 229 g/mol. The zero-order valence-corrected chi connectivity index (χ0v) is 11.0. The Morgan fingerprint density at radius 2 is 1.94 bits per heavy atom. The molecular formula is C16H23N. The standard InChI is InChI=1S/C16H23N/c1-13(2)10-14-8-9-16(14)11-17(12-16)15-6-4-3-5-7-15/h3-7,13-14H,8-12H2,1-2H3. The Kier molecular flexibility index (Phi) is 2.65. The first-order valence-corrected chi connectivity index (χ1v) is 7.00. The normalized spacial score (nSPS) is 25.8. The Morgan fingerprint density at radius 1 is 1.24 bits per heavy atom. The first-order chi connectivity index (χ1) is 8.20. The number of benzene rings is 1. The Balaban J connectivity index is 1.61. The fourth-order valence-electron chi connectivity index (χ4n) is 3.65. The molecule has 1 atom stereocenters. The summed E-state index contributed by atoms with van der Waals surface area (Å²) in [6.45, 7) is 7.32. The van der Waals surface area contributed by atoms with Crippen molar-refractivity contribution in [2.75, 3.05) is 18.0 Å². The maximum Gasteiger partial charge on any atom is 0.0366 e. The van der Waals surface area contributed by atoms with Crippen molar-refractivity contribution in [1.29, 1.82) is 0 Å². The summed E-state index contributed by atoms with van der Waals surface area (Å²) >= 11 is 0. The summed E-state index contributed by atoms with van der Waals surface area (Å²) in [5, 5.41) is 0. The van der Waals surface area contributed by atoms with E-state index < -0.39 is 0 Å². The Bertz CT molecular complexity index is 376. The van der Waals surface area contributed by atoms with Crippen molar-refractivity contribution < 1.29 is 0 Å². The van der Waals surface area contributed by atoms with Gasteiger partial charge in [-0.15, -0.1) is 0 Å². The van der Waals surface area contributed by atoms with Crippen molar-refractivity contribution >= 4 is 5.69 Å². The lowest BCUT2D eigenvalue weighted by molar-refractivity contribution is -0.0133. The molecule has 1 aliphatic heterocycles. The Labute approximate surface area is 105 Å². The lowest BCUT2D eigenvalue weighted by Crippen LogP contribution is -2.64. The Hall–Kier alpha value is -0.980. The third-order valence-electron chi connectivity index (χ3n) is 4.75. The quantitative estimate of drug-likeness (QED) is 0.758. The van der Waals surface area contributed by atoms with E-state index >= 15 is 0 Å². The molecule has 1 heterocycles. The van der Waals surface area contributed by atoms with E-state index in [0.29, 0.717) is 5.41 Å². The van der Waals surface area contributed by atoms with Crippen molar-refractivity contribution in [3.8, 4) is 0 Å². The van der Waals surface area contributed by atoms with Crippen LogP contribution in [-0.4, -0.2) is 13.1 Å². The zero-order valence-electron chi connectivity index (χ0n) is 11.0. The largest absolute Gasteiger partial charge is 0.370 e. The van der Waals surface area contributed by atoms with E-state index in [9.17, 15) is 0 Å². The molecule has 17 heavy (non-hydrogen) atoms. The van der Waals surface area contributed by atoms with Crippen LogP contribution in [0, 0.1) is 17.3 Å². The second-order valence-electron chi connectivity index (χ2n) is 6.42. The van der Waals surface area contributed by atoms with Gasteiger partial charge in [-0.3, -0.25) is 0 Å². The van der Waals surface area contributed by atoms with Crippen molar-refractivity contribution in [3.05, 3.63) is 30.3 Å². The van der Waals surface area contributed by atoms with Gasteiger partial charge in [0.25, 0.3) is 0 Å². The number of hydrogen-bond donors (Lipinski definition) is 0. The van der Waals surface area contributed by atoms with Crippen molar-refractivity contribution in [3.63, 3.8) is 0 Å². The molecule has 1 heteroatoms. The van der Waals surface area contributed by atoms with E-state index in [4.69, 9.17) is 0 Å². The highest BCUT2D eigenvalue weighted by Gasteiger charge is 2.54. The fourth-order valence-corrected chi connectivity index (χ4v) is 3.65. The lowest BCUT2D eigenvalue weighted by atomic mass is 9.54. The first-order valence-electron chi connectivity index (χ1n) is 7.00. The van der Waals surface area contributed by atoms with Gasteiger partial charge in [0, 0.05) is 24.2 Å². The summed E-state index contributed by atoms with van der Waals surface area (Å²) in [7, 11) is 0. The molecule has 1 aliphatic carbocycles. The van der Waals surface area contributed by atoms with E-state index in [2.05, 4.69) is 49.1 Å². The third kappa shape index (κ3) is 1.86. The molecule has 1 unspecified atom stereocenters. The number of para-hydroxylation sites is 1. The number of hydrogen-bond acceptors (Lipinski definition) is 1. The monoisotopic (exact) mass is 229 g/mol. The molecule has 92 valence electrons. The molecular weight excluding hydrogens is 206 g/mol. The summed E-state index contributed by atoms with van der Waals surface area (Å²) in [6, 6.07) is 10.9. The number of anilines is 1. The van der Waals surface area contributed by atoms with Gasteiger partial charge in [0.05, 0.1) is 0 Å². The van der Waals surface area contributed by atoms with Crippen molar-refractivity contribution in [1.82, 2.24) is 0 Å². The predicted molar refractivity (Wildman–Crippen MR) is 73.3 cm³/mol. The molecule has 0 N–H and O–H groups in total. The molecule has 0 bridgehead atoms. The van der Waals surface area contributed by atoms with Gasteiger partial charge in [-0.2, -0.15) is 0 Å². The minimum absolute atomic E-state index is 0.695. The van der Waals surface area contributed by atoms with Gasteiger partial charge in [0.15, 0.2) is 0 Å². The molecule has 2 fully saturated rings. The maximum atomic E-state index is 2.55. The van der Waals surface area contributed by atoms with Gasteiger partial charge < -0.3 is 4.90 Å². The third-order valence-corrected chi connectivity index (χ3v) is 4.75. The molecule has 1 aromatic carbocycles. The summed E-state index contributed by atoms with van der Waals surface area (Å²) in [6.07, 6.45) is 4.37. The summed E-state index contributed by atoms with van der Waals surface area (Å²) < 4.78 is 0. The molecule has 1 spiro atoms. The van der Waals surface area contributed by atoms with Gasteiger partial charge in [0.1, 0.15) is 0 Å². The molecule has 1 aromatic rings. The van der Waals surface area contributed by atoms with Crippen LogP contribution < -0.4 is 4.90 Å². The number of nitrogens with zero attached hydrogens (tertiary/aromatic N) is 1. The minimum atomic E-state index is 0.695. The molecule has 0 aromatic heterocycles. The summed E-state index contributed by atoms with van der Waals surface area (Å²) in [5.74, 6) is 1.87. The fraction of sp³-hybridized carbons (Fsp3) is 0.625. The molecule has 1 nitrogen and oxygen atoms in total. The minimum Gasteiger partial charge on any atom is -0.370 e. The van der Waals surface area contributed by atoms with E-state index in [1.165, 1.54) is 38.0 Å². The second-order valence-corrected chi connectivity index (χ2v) is 6.42. The van der Waals surface area contributed by atoms with Crippen LogP contribution in [0.5, 0.6) is 0 Å². The maximum absolute atomic E-state index is 2.55. The van der Waals surface area contributed by atoms with E-state index in [1.807, 2.05) is 0 Å². The predicted octanol–water partition coefficient (Wildman–Crippen LogP) is 3.95. The smallest absolute Gasteiger partial charge is 0.0366 e.